The van der Waals surface area contributed by atoms with Crippen LogP contribution in [0.5, 0.6) is 0 Å². The summed E-state index contributed by atoms with van der Waals surface area (Å²) >= 11 is 3.35. The van der Waals surface area contributed by atoms with Crippen LogP contribution in [0.2, 0.25) is 0 Å². The molecule has 0 aliphatic carbocycles. The van der Waals surface area contributed by atoms with Crippen LogP contribution in [0.15, 0.2) is 27.6 Å². The van der Waals surface area contributed by atoms with Crippen LogP contribution in [0.1, 0.15) is 12.0 Å². The van der Waals surface area contributed by atoms with Gasteiger partial charge >= 0.3 is 0 Å². The Morgan fingerprint density at radius 3 is 2.57 bits per heavy atom. The van der Waals surface area contributed by atoms with E-state index in [2.05, 4.69) is 30.9 Å². The number of nitrogens with one attached hydrogen (secondary N) is 2. The third kappa shape index (κ3) is 6.86. The van der Waals surface area contributed by atoms with Crippen molar-refractivity contribution in [2.24, 2.45) is 0 Å². The lowest BCUT2D eigenvalue weighted by Gasteiger charge is -2.27. The van der Waals surface area contributed by atoms with Gasteiger partial charge in [-0.25, -0.2) is 13.1 Å². The van der Waals surface area contributed by atoms with Crippen LogP contribution < -0.4 is 10.0 Å². The summed E-state index contributed by atoms with van der Waals surface area (Å²) in [5.74, 6) is 0. The van der Waals surface area contributed by atoms with Crippen molar-refractivity contribution >= 4 is 50.8 Å². The first-order chi connectivity index (χ1) is 10.0. The Morgan fingerprint density at radius 2 is 1.91 bits per heavy atom. The molecular formula is C14H24BrCl2N3O2S. The molecule has 0 amide bonds. The van der Waals surface area contributed by atoms with Crippen molar-refractivity contribution in [3.8, 4) is 0 Å². The molecule has 0 atom stereocenters. The highest BCUT2D eigenvalue weighted by Crippen LogP contribution is 2.24. The number of halogens is 3. The second-order valence-corrected chi connectivity index (χ2v) is 7.76. The zero-order chi connectivity index (χ0) is 15.3. The van der Waals surface area contributed by atoms with E-state index in [1.165, 1.54) is 0 Å². The molecule has 1 fully saturated rings. The minimum absolute atomic E-state index is 0. The molecule has 0 unspecified atom stereocenters. The highest BCUT2D eigenvalue weighted by atomic mass is 79.9. The van der Waals surface area contributed by atoms with E-state index in [0.29, 0.717) is 15.9 Å². The maximum atomic E-state index is 12.3. The van der Waals surface area contributed by atoms with Gasteiger partial charge in [0.2, 0.25) is 10.0 Å². The third-order valence-electron chi connectivity index (χ3n) is 3.60. The molecule has 1 aliphatic heterocycles. The molecule has 5 nitrogen and oxygen atoms in total. The van der Waals surface area contributed by atoms with Crippen LogP contribution in [0.3, 0.4) is 0 Å². The maximum absolute atomic E-state index is 12.3. The fourth-order valence-electron chi connectivity index (χ4n) is 2.35. The molecule has 9 heteroatoms. The summed E-state index contributed by atoms with van der Waals surface area (Å²) in [4.78, 5) is 2.66. The second-order valence-electron chi connectivity index (χ2n) is 5.23. The van der Waals surface area contributed by atoms with Crippen LogP contribution >= 0.6 is 40.7 Å². The van der Waals surface area contributed by atoms with Gasteiger partial charge in [0.25, 0.3) is 0 Å². The summed E-state index contributed by atoms with van der Waals surface area (Å²) in [6.07, 6.45) is 0.822. The molecule has 1 aromatic rings. The van der Waals surface area contributed by atoms with E-state index < -0.39 is 10.0 Å². The van der Waals surface area contributed by atoms with Gasteiger partial charge in [-0.1, -0.05) is 12.1 Å². The van der Waals surface area contributed by atoms with Gasteiger partial charge < -0.3 is 10.2 Å². The summed E-state index contributed by atoms with van der Waals surface area (Å²) in [6.45, 7) is 7.38. The van der Waals surface area contributed by atoms with Crippen molar-refractivity contribution in [2.45, 2.75) is 18.2 Å². The fraction of sp³-hybridized carbons (Fsp3) is 0.571. The summed E-state index contributed by atoms with van der Waals surface area (Å²) < 4.78 is 27.9. The molecule has 0 saturated carbocycles. The predicted octanol–water partition coefficient (Wildman–Crippen LogP) is 2.17. The summed E-state index contributed by atoms with van der Waals surface area (Å²) in [5, 5.41) is 3.30. The molecule has 134 valence electrons. The van der Waals surface area contributed by atoms with Crippen molar-refractivity contribution in [1.82, 2.24) is 14.9 Å². The number of rotatable bonds is 6. The third-order valence-corrected chi connectivity index (χ3v) is 6.42. The van der Waals surface area contributed by atoms with Crippen molar-refractivity contribution < 1.29 is 8.42 Å². The van der Waals surface area contributed by atoms with E-state index in [0.717, 1.165) is 44.7 Å². The Morgan fingerprint density at radius 1 is 1.26 bits per heavy atom. The Kier molecular flexibility index (Phi) is 10.9. The Bertz CT molecular complexity index is 581. The number of benzene rings is 1. The lowest BCUT2D eigenvalue weighted by atomic mass is 10.2. The SMILES string of the molecule is Cc1cccc(S(=O)(=O)NCCCN2CCNCC2)c1Br.Cl.Cl. The van der Waals surface area contributed by atoms with E-state index >= 15 is 0 Å². The highest BCUT2D eigenvalue weighted by Gasteiger charge is 2.18. The zero-order valence-electron chi connectivity index (χ0n) is 13.0. The molecule has 1 aliphatic rings. The summed E-state index contributed by atoms with van der Waals surface area (Å²) in [6, 6.07) is 5.26. The van der Waals surface area contributed by atoms with Crippen LogP contribution in [0.4, 0.5) is 0 Å². The van der Waals surface area contributed by atoms with E-state index in [-0.39, 0.29) is 24.8 Å². The molecular weight excluding hydrogens is 425 g/mol. The zero-order valence-corrected chi connectivity index (χ0v) is 17.1. The second kappa shape index (κ2) is 10.9. The van der Waals surface area contributed by atoms with Gasteiger partial charge in [-0.3, -0.25) is 0 Å². The monoisotopic (exact) mass is 447 g/mol. The number of hydrogen-bond acceptors (Lipinski definition) is 4. The number of aryl methyl sites for hydroxylation is 1. The van der Waals surface area contributed by atoms with Crippen molar-refractivity contribution in [3.63, 3.8) is 0 Å². The van der Waals surface area contributed by atoms with Gasteiger partial charge in [-0.2, -0.15) is 0 Å². The van der Waals surface area contributed by atoms with Crippen LogP contribution in [0.25, 0.3) is 0 Å². The van der Waals surface area contributed by atoms with Gasteiger partial charge in [0, 0.05) is 37.2 Å². The molecule has 1 heterocycles. The fourth-order valence-corrected chi connectivity index (χ4v) is 4.48. The molecule has 2 N–H and O–H groups in total. The topological polar surface area (TPSA) is 61.4 Å². The molecule has 1 aromatic carbocycles. The molecule has 1 saturated heterocycles. The number of piperazine rings is 1. The van der Waals surface area contributed by atoms with Crippen LogP contribution in [0, 0.1) is 6.92 Å². The molecule has 0 spiro atoms. The molecule has 2 rings (SSSR count). The average Bonchev–Trinajstić information content (AvgIpc) is 2.47. The van der Waals surface area contributed by atoms with Gasteiger partial charge in [0.05, 0.1) is 4.90 Å². The van der Waals surface area contributed by atoms with Crippen LogP contribution in [-0.4, -0.2) is 52.6 Å². The Balaban J connectivity index is 0.00000242. The Labute approximate surface area is 159 Å². The van der Waals surface area contributed by atoms with Gasteiger partial charge in [0.1, 0.15) is 0 Å². The lowest BCUT2D eigenvalue weighted by Crippen LogP contribution is -2.44. The quantitative estimate of drug-likeness (QED) is 0.654. The van der Waals surface area contributed by atoms with E-state index in [4.69, 9.17) is 0 Å². The average molecular weight is 449 g/mol. The van der Waals surface area contributed by atoms with Crippen LogP contribution in [-0.2, 0) is 10.0 Å². The standard InChI is InChI=1S/C14H22BrN3O2S.2ClH/c1-12-4-2-5-13(14(12)15)21(19,20)17-6-3-9-18-10-7-16-8-11-18;;/h2,4-5,16-17H,3,6-11H2,1H3;2*1H. The van der Waals surface area contributed by atoms with Gasteiger partial charge in [-0.15, -0.1) is 24.8 Å². The van der Waals surface area contributed by atoms with Crippen molar-refractivity contribution in [3.05, 3.63) is 28.2 Å². The van der Waals surface area contributed by atoms with Gasteiger partial charge in [-0.05, 0) is 47.4 Å². The highest BCUT2D eigenvalue weighted by molar-refractivity contribution is 9.10. The summed E-state index contributed by atoms with van der Waals surface area (Å²) in [5.41, 5.74) is 0.915. The van der Waals surface area contributed by atoms with E-state index in [1.54, 1.807) is 12.1 Å². The first kappa shape index (κ1) is 23.1. The minimum atomic E-state index is -3.44. The predicted molar refractivity (Wildman–Crippen MR) is 102 cm³/mol. The smallest absolute Gasteiger partial charge is 0.241 e. The number of sulfonamides is 1. The molecule has 0 aromatic heterocycles. The number of hydrogen-bond donors (Lipinski definition) is 2. The minimum Gasteiger partial charge on any atom is -0.314 e. The molecule has 23 heavy (non-hydrogen) atoms. The van der Waals surface area contributed by atoms with E-state index in [9.17, 15) is 8.42 Å². The van der Waals surface area contributed by atoms with E-state index in [1.807, 2.05) is 13.0 Å². The first-order valence-electron chi connectivity index (χ1n) is 7.18. The lowest BCUT2D eigenvalue weighted by molar-refractivity contribution is 0.239. The normalized spacial score (nSPS) is 15.6. The number of nitrogens with zero attached hydrogens (tertiary/aromatic N) is 1. The maximum Gasteiger partial charge on any atom is 0.241 e. The first-order valence-corrected chi connectivity index (χ1v) is 9.46. The molecule has 0 bridgehead atoms. The summed E-state index contributed by atoms with van der Waals surface area (Å²) in [7, 11) is -3.44. The Hall–Kier alpha value is 0.110. The molecule has 0 radical (unpaired) electrons. The van der Waals surface area contributed by atoms with Crippen molar-refractivity contribution in [2.75, 3.05) is 39.3 Å². The largest absolute Gasteiger partial charge is 0.314 e. The van der Waals surface area contributed by atoms with Crippen molar-refractivity contribution in [1.29, 1.82) is 0 Å². The van der Waals surface area contributed by atoms with Gasteiger partial charge in [0.15, 0.2) is 0 Å².